The number of hydrogen-bond acceptors (Lipinski definition) is 5. The normalized spacial score (nSPS) is 11.5. The van der Waals surface area contributed by atoms with Gasteiger partial charge in [-0.25, -0.2) is 22.8 Å². The SMILES string of the molecule is O=C(NCCC(C(=O)Oc1c(F)c(F)c(F)c(F)c1F)c1cccc(C(=O)O)c1)OCc1ccccc1. The second-order valence-corrected chi connectivity index (χ2v) is 7.58. The van der Waals surface area contributed by atoms with Crippen molar-refractivity contribution in [2.75, 3.05) is 6.54 Å². The molecule has 194 valence electrons. The van der Waals surface area contributed by atoms with E-state index in [-0.39, 0.29) is 30.7 Å². The Bertz CT molecular complexity index is 1290. The molecule has 0 aliphatic heterocycles. The largest absolute Gasteiger partial charge is 0.478 e. The number of aromatic carboxylic acids is 1. The van der Waals surface area contributed by atoms with E-state index in [1.165, 1.54) is 18.2 Å². The Kier molecular flexibility index (Phi) is 8.77. The van der Waals surface area contributed by atoms with Crippen molar-refractivity contribution >= 4 is 18.0 Å². The van der Waals surface area contributed by atoms with Gasteiger partial charge in [0.15, 0.2) is 0 Å². The number of benzene rings is 3. The Labute approximate surface area is 206 Å². The number of amides is 1. The predicted molar refractivity (Wildman–Crippen MR) is 117 cm³/mol. The number of carbonyl (C=O) groups is 3. The molecule has 7 nitrogen and oxygen atoms in total. The van der Waals surface area contributed by atoms with E-state index in [1.54, 1.807) is 30.3 Å². The molecule has 0 heterocycles. The molecule has 0 aromatic heterocycles. The van der Waals surface area contributed by atoms with Gasteiger partial charge in [0.2, 0.25) is 34.8 Å². The first kappa shape index (κ1) is 27.1. The van der Waals surface area contributed by atoms with Crippen LogP contribution >= 0.6 is 0 Å². The summed E-state index contributed by atoms with van der Waals surface area (Å²) in [5.74, 6) is -17.8. The first-order chi connectivity index (χ1) is 17.6. The highest BCUT2D eigenvalue weighted by molar-refractivity contribution is 5.88. The fourth-order valence-electron chi connectivity index (χ4n) is 3.25. The van der Waals surface area contributed by atoms with Crippen molar-refractivity contribution in [3.05, 3.63) is 100 Å². The second kappa shape index (κ2) is 12.0. The lowest BCUT2D eigenvalue weighted by Gasteiger charge is -2.18. The van der Waals surface area contributed by atoms with E-state index < -0.39 is 58.8 Å². The summed E-state index contributed by atoms with van der Waals surface area (Å²) in [6.45, 7) is -0.319. The van der Waals surface area contributed by atoms with Crippen molar-refractivity contribution in [3.8, 4) is 5.75 Å². The third-order valence-electron chi connectivity index (χ3n) is 5.11. The standard InChI is InChI=1S/C25H18F5NO6/c26-17-18(27)20(29)22(21(30)19(17)28)37-24(34)16(14-7-4-8-15(11-14)23(32)33)9-10-31-25(35)36-12-13-5-2-1-3-6-13/h1-8,11,16H,9-10,12H2,(H,31,35)(H,32,33). The first-order valence-electron chi connectivity index (χ1n) is 10.6. The lowest BCUT2D eigenvalue weighted by molar-refractivity contribution is -0.136. The Morgan fingerprint density at radius 3 is 2.08 bits per heavy atom. The van der Waals surface area contributed by atoms with Crippen molar-refractivity contribution in [1.82, 2.24) is 5.32 Å². The maximum Gasteiger partial charge on any atom is 0.407 e. The van der Waals surface area contributed by atoms with Gasteiger partial charge in [-0.1, -0.05) is 42.5 Å². The van der Waals surface area contributed by atoms with Crippen LogP contribution in [0.5, 0.6) is 5.75 Å². The molecule has 1 atom stereocenters. The molecule has 0 aliphatic carbocycles. The molecule has 0 spiro atoms. The highest BCUT2D eigenvalue weighted by atomic mass is 19.2. The van der Waals surface area contributed by atoms with Gasteiger partial charge in [0.05, 0.1) is 11.5 Å². The van der Waals surface area contributed by atoms with Crippen molar-refractivity contribution in [1.29, 1.82) is 0 Å². The number of nitrogens with one attached hydrogen (secondary N) is 1. The summed E-state index contributed by atoms with van der Waals surface area (Å²) in [4.78, 5) is 36.1. The van der Waals surface area contributed by atoms with E-state index >= 15 is 0 Å². The van der Waals surface area contributed by atoms with Crippen molar-refractivity contribution in [3.63, 3.8) is 0 Å². The van der Waals surface area contributed by atoms with Crippen LogP contribution in [0, 0.1) is 29.1 Å². The molecule has 1 amide bonds. The number of ether oxygens (including phenoxy) is 2. The minimum Gasteiger partial charge on any atom is -0.478 e. The fourth-order valence-corrected chi connectivity index (χ4v) is 3.25. The molecule has 0 bridgehead atoms. The predicted octanol–water partition coefficient (Wildman–Crippen LogP) is 5.09. The lowest BCUT2D eigenvalue weighted by Crippen LogP contribution is -2.29. The minimum atomic E-state index is -2.43. The van der Waals surface area contributed by atoms with Crippen molar-refractivity contribution in [2.45, 2.75) is 18.9 Å². The van der Waals surface area contributed by atoms with Crippen molar-refractivity contribution < 1.29 is 50.9 Å². The molecule has 2 N–H and O–H groups in total. The molecule has 0 saturated heterocycles. The summed E-state index contributed by atoms with van der Waals surface area (Å²) in [7, 11) is 0. The number of esters is 1. The van der Waals surface area contributed by atoms with Gasteiger partial charge in [-0.3, -0.25) is 4.79 Å². The molecule has 37 heavy (non-hydrogen) atoms. The Balaban J connectivity index is 1.78. The summed E-state index contributed by atoms with van der Waals surface area (Å²) in [6, 6.07) is 13.5. The number of halogens is 5. The molecule has 12 heteroatoms. The van der Waals surface area contributed by atoms with Gasteiger partial charge in [0.25, 0.3) is 0 Å². The lowest BCUT2D eigenvalue weighted by atomic mass is 9.94. The quantitative estimate of drug-likeness (QED) is 0.133. The summed E-state index contributed by atoms with van der Waals surface area (Å²) in [5, 5.41) is 11.6. The maximum atomic E-state index is 14.0. The third kappa shape index (κ3) is 6.60. The molecule has 0 aliphatic rings. The molecule has 0 saturated carbocycles. The summed E-state index contributed by atoms with van der Waals surface area (Å²) >= 11 is 0. The van der Waals surface area contributed by atoms with E-state index in [2.05, 4.69) is 10.1 Å². The summed E-state index contributed by atoms with van der Waals surface area (Å²) in [5.41, 5.74) is 0.447. The molecule has 0 fully saturated rings. The highest BCUT2D eigenvalue weighted by Crippen LogP contribution is 2.31. The number of hydrogen-bond donors (Lipinski definition) is 2. The highest BCUT2D eigenvalue weighted by Gasteiger charge is 2.31. The van der Waals surface area contributed by atoms with Crippen LogP contribution in [0.4, 0.5) is 26.7 Å². The smallest absolute Gasteiger partial charge is 0.407 e. The van der Waals surface area contributed by atoms with Crippen LogP contribution in [0.2, 0.25) is 0 Å². The molecule has 1 unspecified atom stereocenters. The maximum absolute atomic E-state index is 14.0. The Hall–Kier alpha value is -4.48. The van der Waals surface area contributed by atoms with E-state index in [0.717, 1.165) is 6.07 Å². The Morgan fingerprint density at radius 1 is 0.838 bits per heavy atom. The molecular formula is C25H18F5NO6. The minimum absolute atomic E-state index is 0.00627. The first-order valence-corrected chi connectivity index (χ1v) is 10.6. The molecule has 3 aromatic carbocycles. The average Bonchev–Trinajstić information content (AvgIpc) is 2.90. The molecule has 3 aromatic rings. The van der Waals surface area contributed by atoms with E-state index in [0.29, 0.717) is 5.56 Å². The van der Waals surface area contributed by atoms with Crippen LogP contribution in [0.1, 0.15) is 33.8 Å². The number of carboxylic acids is 1. The van der Waals surface area contributed by atoms with Crippen LogP contribution in [-0.2, 0) is 16.1 Å². The molecule has 3 rings (SSSR count). The van der Waals surface area contributed by atoms with Gasteiger partial charge >= 0.3 is 18.0 Å². The van der Waals surface area contributed by atoms with Crippen LogP contribution in [0.25, 0.3) is 0 Å². The molecule has 0 radical (unpaired) electrons. The summed E-state index contributed by atoms with van der Waals surface area (Å²) in [6.07, 6.45) is -1.17. The Morgan fingerprint density at radius 2 is 1.46 bits per heavy atom. The number of carboxylic acid groups (broad SMARTS) is 1. The number of alkyl carbamates (subject to hydrolysis) is 1. The van der Waals surface area contributed by atoms with Crippen LogP contribution in [0.15, 0.2) is 54.6 Å². The third-order valence-corrected chi connectivity index (χ3v) is 5.11. The van der Waals surface area contributed by atoms with Crippen LogP contribution in [0.3, 0.4) is 0 Å². The summed E-state index contributed by atoms with van der Waals surface area (Å²) < 4.78 is 78.0. The zero-order chi connectivity index (χ0) is 27.1. The molecular weight excluding hydrogens is 505 g/mol. The second-order valence-electron chi connectivity index (χ2n) is 7.58. The van der Waals surface area contributed by atoms with Crippen LogP contribution < -0.4 is 10.1 Å². The average molecular weight is 523 g/mol. The van der Waals surface area contributed by atoms with Gasteiger partial charge in [-0.05, 0) is 29.7 Å². The fraction of sp³-hybridized carbons (Fsp3) is 0.160. The zero-order valence-corrected chi connectivity index (χ0v) is 18.8. The van der Waals surface area contributed by atoms with Gasteiger partial charge in [0, 0.05) is 6.54 Å². The zero-order valence-electron chi connectivity index (χ0n) is 18.8. The topological polar surface area (TPSA) is 102 Å². The van der Waals surface area contributed by atoms with Crippen LogP contribution in [-0.4, -0.2) is 29.7 Å². The number of rotatable bonds is 9. The van der Waals surface area contributed by atoms with Crippen molar-refractivity contribution in [2.24, 2.45) is 0 Å². The van der Waals surface area contributed by atoms with Gasteiger partial charge in [-0.2, -0.15) is 8.78 Å². The van der Waals surface area contributed by atoms with Gasteiger partial charge in [0.1, 0.15) is 6.61 Å². The van der Waals surface area contributed by atoms with Gasteiger partial charge < -0.3 is 19.9 Å². The van der Waals surface area contributed by atoms with Gasteiger partial charge in [-0.15, -0.1) is 0 Å². The number of carbonyl (C=O) groups excluding carboxylic acids is 2. The monoisotopic (exact) mass is 523 g/mol. The van der Waals surface area contributed by atoms with E-state index in [9.17, 15) is 41.4 Å². The van der Waals surface area contributed by atoms with E-state index in [4.69, 9.17) is 4.74 Å². The van der Waals surface area contributed by atoms with E-state index in [1.807, 2.05) is 0 Å².